The average Bonchev–Trinajstić information content (AvgIpc) is 3.33. The van der Waals surface area contributed by atoms with Crippen LogP contribution in [-0.4, -0.2) is 32.6 Å². The summed E-state index contributed by atoms with van der Waals surface area (Å²) in [4.78, 5) is 11.9. The molecule has 5 rings (SSSR count). The number of hydrogen-bond acceptors (Lipinski definition) is 4. The number of esters is 1. The predicted octanol–water partition coefficient (Wildman–Crippen LogP) is 7.50. The van der Waals surface area contributed by atoms with Crippen LogP contribution in [0.3, 0.4) is 0 Å². The van der Waals surface area contributed by atoms with Crippen LogP contribution < -0.4 is 4.72 Å². The number of carbonyl (C=O) groups excluding carboxylic acids is 1. The van der Waals surface area contributed by atoms with Gasteiger partial charge in [0.25, 0.3) is 0 Å². The second kappa shape index (κ2) is 14.1. The normalized spacial score (nSPS) is 11.6. The minimum atomic E-state index is -3.59. The number of rotatable bonds is 13. The largest absolute Gasteiger partial charge is 0.465 e. The molecule has 1 N–H and O–H groups in total. The van der Waals surface area contributed by atoms with Crippen LogP contribution in [0.1, 0.15) is 50.8 Å². The lowest BCUT2D eigenvalue weighted by atomic mass is 9.97. The summed E-state index contributed by atoms with van der Waals surface area (Å²) in [7, 11) is -2.22. The van der Waals surface area contributed by atoms with Crippen molar-refractivity contribution in [1.29, 1.82) is 0 Å². The van der Waals surface area contributed by atoms with Crippen molar-refractivity contribution in [3.63, 3.8) is 0 Å². The molecule has 0 aliphatic heterocycles. The van der Waals surface area contributed by atoms with E-state index in [1.165, 1.54) is 7.11 Å². The van der Waals surface area contributed by atoms with E-state index in [1.807, 2.05) is 60.7 Å². The van der Waals surface area contributed by atoms with E-state index < -0.39 is 10.0 Å². The molecule has 0 spiro atoms. The summed E-state index contributed by atoms with van der Waals surface area (Å²) < 4.78 is 34.4. The summed E-state index contributed by atoms with van der Waals surface area (Å²) in [5.41, 5.74) is 7.10. The molecule has 0 atom stereocenters. The SMILES string of the molecule is C=CS(=O)(=O)NCCc1c(CCCc2ccc(C(=O)OC)cc2)c2cc(Cl)ccc2n1C(c1ccccc1)c1ccccc1. The van der Waals surface area contributed by atoms with Crippen LogP contribution in [0, 0.1) is 0 Å². The number of aromatic nitrogens is 1. The van der Waals surface area contributed by atoms with Crippen molar-refractivity contribution in [3.05, 3.63) is 154 Å². The first-order valence-corrected chi connectivity index (χ1v) is 16.4. The molecule has 0 bridgehead atoms. The standard InChI is InChI=1S/C36H35ClN2O4S/c1-3-44(41,42)38-24-23-34-31(16-10-11-26-17-19-29(20-18-26)36(40)43-2)32-25-30(37)21-22-33(32)39(34)35(27-12-6-4-7-13-27)28-14-8-5-9-15-28/h3-9,12-15,17-22,25,35,38H,1,10-11,16,23-24H2,2H3. The number of aryl methyl sites for hydroxylation is 2. The number of ether oxygens (including phenoxy) is 1. The van der Waals surface area contributed by atoms with E-state index >= 15 is 0 Å². The van der Waals surface area contributed by atoms with Gasteiger partial charge in [0, 0.05) is 40.0 Å². The van der Waals surface area contributed by atoms with Crippen LogP contribution in [0.15, 0.2) is 115 Å². The quantitative estimate of drug-likeness (QED) is 0.137. The lowest BCUT2D eigenvalue weighted by Gasteiger charge is -2.25. The smallest absolute Gasteiger partial charge is 0.337 e. The Labute approximate surface area is 264 Å². The third kappa shape index (κ3) is 7.13. The van der Waals surface area contributed by atoms with E-state index in [4.69, 9.17) is 16.3 Å². The molecule has 8 heteroatoms. The lowest BCUT2D eigenvalue weighted by molar-refractivity contribution is 0.0600. The molecule has 4 aromatic carbocycles. The van der Waals surface area contributed by atoms with Crippen molar-refractivity contribution in [2.24, 2.45) is 0 Å². The summed E-state index contributed by atoms with van der Waals surface area (Å²) >= 11 is 6.58. The molecule has 5 aromatic rings. The predicted molar refractivity (Wildman–Crippen MR) is 178 cm³/mol. The van der Waals surface area contributed by atoms with Crippen molar-refractivity contribution in [2.75, 3.05) is 13.7 Å². The Morgan fingerprint density at radius 3 is 2.14 bits per heavy atom. The van der Waals surface area contributed by atoms with Crippen LogP contribution in [-0.2, 0) is 34.0 Å². The molecule has 6 nitrogen and oxygen atoms in total. The van der Waals surface area contributed by atoms with Gasteiger partial charge in [0.05, 0.1) is 18.7 Å². The number of methoxy groups -OCH3 is 1. The lowest BCUT2D eigenvalue weighted by Crippen LogP contribution is -2.25. The summed E-state index contributed by atoms with van der Waals surface area (Å²) in [6, 6.07) is 34.0. The first kappa shape index (κ1) is 31.3. The van der Waals surface area contributed by atoms with Gasteiger partial charge in [-0.25, -0.2) is 17.9 Å². The molecule has 0 amide bonds. The number of sulfonamides is 1. The highest BCUT2D eigenvalue weighted by molar-refractivity contribution is 7.92. The van der Waals surface area contributed by atoms with E-state index in [2.05, 4.69) is 46.2 Å². The molecule has 0 aliphatic carbocycles. The zero-order valence-corrected chi connectivity index (χ0v) is 26.2. The van der Waals surface area contributed by atoms with Gasteiger partial charge in [-0.15, -0.1) is 0 Å². The number of nitrogens with zero attached hydrogens (tertiary/aromatic N) is 1. The molecule has 1 aromatic heterocycles. The van der Waals surface area contributed by atoms with E-state index in [9.17, 15) is 13.2 Å². The number of nitrogens with one attached hydrogen (secondary N) is 1. The number of carbonyl (C=O) groups is 1. The highest BCUT2D eigenvalue weighted by atomic mass is 35.5. The Kier molecular flexibility index (Phi) is 10.0. The monoisotopic (exact) mass is 626 g/mol. The van der Waals surface area contributed by atoms with Crippen LogP contribution >= 0.6 is 11.6 Å². The molecule has 1 heterocycles. The van der Waals surface area contributed by atoms with Crippen LogP contribution in [0.5, 0.6) is 0 Å². The minimum absolute atomic E-state index is 0.147. The Hall–Kier alpha value is -4.17. The molecule has 0 saturated heterocycles. The van der Waals surface area contributed by atoms with Gasteiger partial charge in [-0.3, -0.25) is 0 Å². The molecule has 226 valence electrons. The van der Waals surface area contributed by atoms with Crippen molar-refractivity contribution in [2.45, 2.75) is 31.7 Å². The van der Waals surface area contributed by atoms with Gasteiger partial charge in [0.15, 0.2) is 0 Å². The van der Waals surface area contributed by atoms with Crippen LogP contribution in [0.2, 0.25) is 5.02 Å². The third-order valence-corrected chi connectivity index (χ3v) is 9.10. The molecule has 0 saturated carbocycles. The van der Waals surface area contributed by atoms with E-state index in [0.29, 0.717) is 17.0 Å². The molecular formula is C36H35ClN2O4S. The zero-order valence-electron chi connectivity index (χ0n) is 24.6. The Bertz CT molecular complexity index is 1810. The number of benzene rings is 4. The zero-order chi connectivity index (χ0) is 31.1. The van der Waals surface area contributed by atoms with E-state index in [-0.39, 0.29) is 18.6 Å². The van der Waals surface area contributed by atoms with E-state index in [0.717, 1.165) is 63.5 Å². The molecule has 44 heavy (non-hydrogen) atoms. The summed E-state index contributed by atoms with van der Waals surface area (Å²) in [5, 5.41) is 2.63. The Morgan fingerprint density at radius 1 is 0.909 bits per heavy atom. The average molecular weight is 627 g/mol. The van der Waals surface area contributed by atoms with Crippen LogP contribution in [0.4, 0.5) is 0 Å². The highest BCUT2D eigenvalue weighted by Gasteiger charge is 2.25. The second-order valence-electron chi connectivity index (χ2n) is 10.6. The number of hydrogen-bond donors (Lipinski definition) is 1. The van der Waals surface area contributed by atoms with Gasteiger partial charge < -0.3 is 9.30 Å². The fourth-order valence-electron chi connectivity index (χ4n) is 5.78. The first-order chi connectivity index (χ1) is 21.3. The maximum Gasteiger partial charge on any atom is 0.337 e. The minimum Gasteiger partial charge on any atom is -0.465 e. The first-order valence-electron chi connectivity index (χ1n) is 14.5. The van der Waals surface area contributed by atoms with Gasteiger partial charge in [0.2, 0.25) is 10.0 Å². The van der Waals surface area contributed by atoms with Gasteiger partial charge in [-0.05, 0) is 71.8 Å². The number of halogens is 1. The fraction of sp³-hybridized carbons (Fsp3) is 0.194. The summed E-state index contributed by atoms with van der Waals surface area (Å²) in [5.74, 6) is -0.357. The van der Waals surface area contributed by atoms with Crippen LogP contribution in [0.25, 0.3) is 10.9 Å². The Balaban J connectivity index is 1.60. The fourth-order valence-corrected chi connectivity index (χ4v) is 6.45. The van der Waals surface area contributed by atoms with Crippen molar-refractivity contribution in [3.8, 4) is 0 Å². The van der Waals surface area contributed by atoms with E-state index in [1.54, 1.807) is 12.1 Å². The maximum absolute atomic E-state index is 12.3. The van der Waals surface area contributed by atoms with Gasteiger partial charge >= 0.3 is 5.97 Å². The molecule has 0 aliphatic rings. The Morgan fingerprint density at radius 2 is 1.55 bits per heavy atom. The van der Waals surface area contributed by atoms with Gasteiger partial charge in [0.1, 0.15) is 0 Å². The molecular weight excluding hydrogens is 592 g/mol. The van der Waals surface area contributed by atoms with Crippen molar-refractivity contribution >= 4 is 38.5 Å². The maximum atomic E-state index is 12.3. The second-order valence-corrected chi connectivity index (χ2v) is 12.7. The van der Waals surface area contributed by atoms with Gasteiger partial charge in [-0.2, -0.15) is 0 Å². The van der Waals surface area contributed by atoms with Crippen molar-refractivity contribution < 1.29 is 17.9 Å². The van der Waals surface area contributed by atoms with Crippen molar-refractivity contribution in [1.82, 2.24) is 9.29 Å². The molecule has 0 unspecified atom stereocenters. The topological polar surface area (TPSA) is 77.4 Å². The number of fused-ring (bicyclic) bond motifs is 1. The summed E-state index contributed by atoms with van der Waals surface area (Å²) in [6.45, 7) is 3.66. The molecule has 0 radical (unpaired) electrons. The molecule has 0 fully saturated rings. The third-order valence-electron chi connectivity index (χ3n) is 7.82. The summed E-state index contributed by atoms with van der Waals surface area (Å²) in [6.07, 6.45) is 2.87. The highest BCUT2D eigenvalue weighted by Crippen LogP contribution is 2.38. The van der Waals surface area contributed by atoms with Gasteiger partial charge in [-0.1, -0.05) is 91.0 Å².